The molecule has 1 aromatic carbocycles. The third-order valence-corrected chi connectivity index (χ3v) is 5.45. The lowest BCUT2D eigenvalue weighted by molar-refractivity contribution is -0.192. The van der Waals surface area contributed by atoms with Gasteiger partial charge in [0.15, 0.2) is 0 Å². The Bertz CT molecular complexity index is 792. The van der Waals surface area contributed by atoms with Crippen molar-refractivity contribution in [2.75, 3.05) is 20.1 Å². The Morgan fingerprint density at radius 2 is 1.75 bits per heavy atom. The molecule has 152 valence electrons. The maximum Gasteiger partial charge on any atom is 0.490 e. The minimum atomic E-state index is -5.08. The highest BCUT2D eigenvalue weighted by Gasteiger charge is 2.42. The topological polar surface area (TPSA) is 69.6 Å². The van der Waals surface area contributed by atoms with E-state index in [4.69, 9.17) is 9.90 Å². The number of halogens is 3. The number of piperidine rings is 1. The first-order valence-corrected chi connectivity index (χ1v) is 9.25. The Balaban J connectivity index is 0.000000279. The van der Waals surface area contributed by atoms with E-state index in [9.17, 15) is 18.0 Å². The van der Waals surface area contributed by atoms with Gasteiger partial charge in [-0.25, -0.2) is 4.79 Å². The van der Waals surface area contributed by atoms with Crippen molar-refractivity contribution in [2.24, 2.45) is 0 Å². The largest absolute Gasteiger partial charge is 0.490 e. The number of likely N-dealkylation sites (tertiary alicyclic amines) is 1. The van der Waals surface area contributed by atoms with Crippen LogP contribution in [0, 0.1) is 0 Å². The third-order valence-electron chi connectivity index (χ3n) is 5.45. The van der Waals surface area contributed by atoms with Crippen LogP contribution in [0.25, 0.3) is 5.57 Å². The van der Waals surface area contributed by atoms with Crippen molar-refractivity contribution in [3.63, 3.8) is 0 Å². The molecule has 2 N–H and O–H groups in total. The molecule has 5 nitrogen and oxygen atoms in total. The van der Waals surface area contributed by atoms with Crippen LogP contribution in [-0.4, -0.2) is 54.2 Å². The van der Waals surface area contributed by atoms with Crippen LogP contribution in [0.15, 0.2) is 30.3 Å². The fourth-order valence-electron chi connectivity index (χ4n) is 3.69. The number of carboxylic acids is 1. The van der Waals surface area contributed by atoms with E-state index in [1.54, 1.807) is 0 Å². The van der Waals surface area contributed by atoms with E-state index in [1.165, 1.54) is 5.56 Å². The van der Waals surface area contributed by atoms with Gasteiger partial charge >= 0.3 is 12.1 Å². The SMILES string of the molecule is CN1CCC2(C=C(C(=O)NC3CC3)c3ccccc32)CC1.O=C(O)C(F)(F)F. The van der Waals surface area contributed by atoms with E-state index in [2.05, 4.69) is 41.5 Å². The minimum Gasteiger partial charge on any atom is -0.475 e. The average Bonchev–Trinajstić information content (AvgIpc) is 3.39. The fraction of sp³-hybridized carbons (Fsp3) is 0.500. The highest BCUT2D eigenvalue weighted by atomic mass is 19.4. The number of alkyl halides is 3. The standard InChI is InChI=1S/C18H22N2O.C2HF3O2/c1-20-10-8-18(9-11-20)12-15(17(21)19-13-6-7-13)14-4-2-3-5-16(14)18;3-2(4,5)1(6)7/h2-5,12-13H,6-11H2,1H3,(H,19,21);(H,6,7). The average molecular weight is 396 g/mol. The number of hydrogen-bond acceptors (Lipinski definition) is 3. The molecule has 1 heterocycles. The van der Waals surface area contributed by atoms with Crippen molar-refractivity contribution in [2.45, 2.75) is 43.3 Å². The lowest BCUT2D eigenvalue weighted by atomic mass is 9.75. The number of carbonyl (C=O) groups is 2. The molecule has 0 radical (unpaired) electrons. The predicted molar refractivity (Wildman–Crippen MR) is 97.7 cm³/mol. The molecule has 1 saturated heterocycles. The zero-order valence-corrected chi connectivity index (χ0v) is 15.6. The first kappa shape index (κ1) is 20.4. The quantitative estimate of drug-likeness (QED) is 0.807. The van der Waals surface area contributed by atoms with Crippen LogP contribution in [0.5, 0.6) is 0 Å². The van der Waals surface area contributed by atoms with Crippen LogP contribution in [0.1, 0.15) is 36.8 Å². The Kier molecular flexibility index (Phi) is 5.52. The van der Waals surface area contributed by atoms with Crippen LogP contribution in [0.4, 0.5) is 13.2 Å². The smallest absolute Gasteiger partial charge is 0.475 e. The number of nitrogens with zero attached hydrogens (tertiary/aromatic N) is 1. The molecule has 0 atom stereocenters. The zero-order valence-electron chi connectivity index (χ0n) is 15.6. The molecule has 1 amide bonds. The second-order valence-corrected chi connectivity index (χ2v) is 7.61. The molecular formula is C20H23F3N2O3. The molecule has 4 rings (SSSR count). The lowest BCUT2D eigenvalue weighted by Gasteiger charge is -2.37. The number of aliphatic carboxylic acids is 1. The lowest BCUT2D eigenvalue weighted by Crippen LogP contribution is -2.38. The number of carboxylic acid groups (broad SMARTS) is 1. The van der Waals surface area contributed by atoms with E-state index in [-0.39, 0.29) is 11.3 Å². The first-order chi connectivity index (χ1) is 13.1. The molecule has 0 bridgehead atoms. The summed E-state index contributed by atoms with van der Waals surface area (Å²) in [6, 6.07) is 8.90. The molecule has 0 unspecified atom stereocenters. The van der Waals surface area contributed by atoms with Gasteiger partial charge < -0.3 is 15.3 Å². The normalized spacial score (nSPS) is 20.6. The van der Waals surface area contributed by atoms with Crippen molar-refractivity contribution in [1.82, 2.24) is 10.2 Å². The van der Waals surface area contributed by atoms with E-state index in [0.717, 1.165) is 49.9 Å². The van der Waals surface area contributed by atoms with Crippen molar-refractivity contribution in [3.05, 3.63) is 41.5 Å². The van der Waals surface area contributed by atoms with Gasteiger partial charge in [-0.2, -0.15) is 13.2 Å². The van der Waals surface area contributed by atoms with Gasteiger partial charge in [0.1, 0.15) is 0 Å². The molecule has 1 spiro atoms. The molecule has 28 heavy (non-hydrogen) atoms. The van der Waals surface area contributed by atoms with Crippen molar-refractivity contribution >= 4 is 17.4 Å². The van der Waals surface area contributed by atoms with E-state index in [1.807, 2.05) is 6.07 Å². The second kappa shape index (κ2) is 7.58. The van der Waals surface area contributed by atoms with Crippen molar-refractivity contribution < 1.29 is 27.9 Å². The van der Waals surface area contributed by atoms with Crippen LogP contribution in [-0.2, 0) is 15.0 Å². The Labute approximate surface area is 161 Å². The third kappa shape index (κ3) is 4.38. The number of fused-ring (bicyclic) bond motifs is 2. The fourth-order valence-corrected chi connectivity index (χ4v) is 3.69. The summed E-state index contributed by atoms with van der Waals surface area (Å²) in [6.07, 6.45) is 1.68. The van der Waals surface area contributed by atoms with Crippen molar-refractivity contribution in [3.8, 4) is 0 Å². The molecular weight excluding hydrogens is 373 g/mol. The van der Waals surface area contributed by atoms with Crippen molar-refractivity contribution in [1.29, 1.82) is 0 Å². The Morgan fingerprint density at radius 3 is 2.29 bits per heavy atom. The molecule has 3 aliphatic rings. The Hall–Kier alpha value is -2.35. The van der Waals surface area contributed by atoms with E-state index in [0.29, 0.717) is 6.04 Å². The summed E-state index contributed by atoms with van der Waals surface area (Å²) in [4.78, 5) is 23.8. The first-order valence-electron chi connectivity index (χ1n) is 9.25. The molecule has 1 saturated carbocycles. The number of nitrogens with one attached hydrogen (secondary N) is 1. The van der Waals surface area contributed by atoms with Gasteiger partial charge in [0.2, 0.25) is 0 Å². The number of benzene rings is 1. The highest BCUT2D eigenvalue weighted by molar-refractivity contribution is 6.21. The predicted octanol–water partition coefficient (Wildman–Crippen LogP) is 2.96. The second-order valence-electron chi connectivity index (χ2n) is 7.61. The molecule has 1 aliphatic heterocycles. The highest BCUT2D eigenvalue weighted by Crippen LogP contribution is 2.47. The molecule has 8 heteroatoms. The monoisotopic (exact) mass is 396 g/mol. The van der Waals surface area contributed by atoms with Crippen LogP contribution in [0.2, 0.25) is 0 Å². The van der Waals surface area contributed by atoms with E-state index < -0.39 is 12.1 Å². The number of rotatable bonds is 2. The number of hydrogen-bond donors (Lipinski definition) is 2. The summed E-state index contributed by atoms with van der Waals surface area (Å²) in [6.45, 7) is 2.20. The van der Waals surface area contributed by atoms with Crippen LogP contribution >= 0.6 is 0 Å². The minimum absolute atomic E-state index is 0.0827. The maximum atomic E-state index is 12.6. The zero-order chi connectivity index (χ0) is 20.5. The number of allylic oxidation sites excluding steroid dienone is 1. The summed E-state index contributed by atoms with van der Waals surface area (Å²) < 4.78 is 31.7. The summed E-state index contributed by atoms with van der Waals surface area (Å²) >= 11 is 0. The molecule has 1 aromatic rings. The maximum absolute atomic E-state index is 12.6. The van der Waals surface area contributed by atoms with Gasteiger partial charge in [-0.1, -0.05) is 30.3 Å². The van der Waals surface area contributed by atoms with Gasteiger partial charge in [0, 0.05) is 17.0 Å². The van der Waals surface area contributed by atoms with Gasteiger partial charge in [-0.15, -0.1) is 0 Å². The van der Waals surface area contributed by atoms with Gasteiger partial charge in [0.05, 0.1) is 0 Å². The van der Waals surface area contributed by atoms with Gasteiger partial charge in [-0.3, -0.25) is 4.79 Å². The summed E-state index contributed by atoms with van der Waals surface area (Å²) in [7, 11) is 2.18. The molecule has 2 aliphatic carbocycles. The number of amides is 1. The molecule has 2 fully saturated rings. The van der Waals surface area contributed by atoms with Gasteiger partial charge in [0.25, 0.3) is 5.91 Å². The van der Waals surface area contributed by atoms with Crippen LogP contribution in [0.3, 0.4) is 0 Å². The van der Waals surface area contributed by atoms with E-state index >= 15 is 0 Å². The summed E-state index contributed by atoms with van der Waals surface area (Å²) in [5.74, 6) is -2.63. The molecule has 0 aromatic heterocycles. The Morgan fingerprint density at radius 1 is 1.18 bits per heavy atom. The van der Waals surface area contributed by atoms with Crippen LogP contribution < -0.4 is 5.32 Å². The summed E-state index contributed by atoms with van der Waals surface area (Å²) in [5.41, 5.74) is 3.50. The number of carbonyl (C=O) groups excluding carboxylic acids is 1. The van der Waals surface area contributed by atoms with Gasteiger partial charge in [-0.05, 0) is 56.9 Å². The summed E-state index contributed by atoms with van der Waals surface area (Å²) in [5, 5.41) is 10.3.